The van der Waals surface area contributed by atoms with E-state index in [9.17, 15) is 13.6 Å². The quantitative estimate of drug-likeness (QED) is 0.857. The van der Waals surface area contributed by atoms with Crippen LogP contribution in [-0.2, 0) is 0 Å². The molecule has 1 spiro atoms. The number of halogens is 3. The SMILES string of the molecule is Cl.O=C(c1cc(F)ccc1F)N1CCNCC12CC2. The van der Waals surface area contributed by atoms with Gasteiger partial charge >= 0.3 is 0 Å². The Bertz CT molecular complexity index is 505. The summed E-state index contributed by atoms with van der Waals surface area (Å²) >= 11 is 0. The maximum atomic E-state index is 13.6. The van der Waals surface area contributed by atoms with E-state index in [-0.39, 0.29) is 23.5 Å². The van der Waals surface area contributed by atoms with Crippen LogP contribution < -0.4 is 5.32 Å². The second-order valence-corrected chi connectivity index (χ2v) is 4.98. The molecule has 1 aliphatic carbocycles. The van der Waals surface area contributed by atoms with E-state index >= 15 is 0 Å². The lowest BCUT2D eigenvalue weighted by Crippen LogP contribution is -2.55. The smallest absolute Gasteiger partial charge is 0.257 e. The van der Waals surface area contributed by atoms with Crippen molar-refractivity contribution in [1.29, 1.82) is 0 Å². The van der Waals surface area contributed by atoms with E-state index < -0.39 is 17.5 Å². The van der Waals surface area contributed by atoms with E-state index in [1.807, 2.05) is 0 Å². The third-order valence-corrected chi connectivity index (χ3v) is 3.77. The summed E-state index contributed by atoms with van der Waals surface area (Å²) in [4.78, 5) is 14.0. The minimum atomic E-state index is -0.657. The molecule has 6 heteroatoms. The minimum absolute atomic E-state index is 0. The van der Waals surface area contributed by atoms with Crippen LogP contribution in [0.3, 0.4) is 0 Å². The first kappa shape index (κ1) is 14.2. The van der Waals surface area contributed by atoms with Crippen LogP contribution in [0.1, 0.15) is 23.2 Å². The van der Waals surface area contributed by atoms with Gasteiger partial charge in [-0.25, -0.2) is 8.78 Å². The number of nitrogens with one attached hydrogen (secondary N) is 1. The van der Waals surface area contributed by atoms with Crippen LogP contribution in [0.15, 0.2) is 18.2 Å². The predicted octanol–water partition coefficient (Wildman–Crippen LogP) is 1.96. The molecule has 19 heavy (non-hydrogen) atoms. The van der Waals surface area contributed by atoms with Gasteiger partial charge in [-0.1, -0.05) is 0 Å². The van der Waals surface area contributed by atoms with E-state index in [4.69, 9.17) is 0 Å². The van der Waals surface area contributed by atoms with Gasteiger partial charge in [-0.15, -0.1) is 12.4 Å². The fourth-order valence-corrected chi connectivity index (χ4v) is 2.56. The number of hydrogen-bond donors (Lipinski definition) is 1. The standard InChI is InChI=1S/C13H14F2N2O.ClH/c14-9-1-2-11(15)10(7-9)12(18)17-6-5-16-8-13(17)3-4-13;/h1-2,7,16H,3-6,8H2;1H. The summed E-state index contributed by atoms with van der Waals surface area (Å²) in [5.41, 5.74) is -0.322. The highest BCUT2D eigenvalue weighted by Crippen LogP contribution is 2.43. The highest BCUT2D eigenvalue weighted by atomic mass is 35.5. The van der Waals surface area contributed by atoms with Gasteiger partial charge in [-0.2, -0.15) is 0 Å². The molecule has 1 N–H and O–H groups in total. The fraction of sp³-hybridized carbons (Fsp3) is 0.462. The molecule has 104 valence electrons. The monoisotopic (exact) mass is 288 g/mol. The van der Waals surface area contributed by atoms with Gasteiger partial charge in [-0.05, 0) is 31.0 Å². The molecule has 1 heterocycles. The molecule has 3 nitrogen and oxygen atoms in total. The van der Waals surface area contributed by atoms with Crippen LogP contribution in [-0.4, -0.2) is 36.0 Å². The number of hydrogen-bond acceptors (Lipinski definition) is 2. The zero-order valence-corrected chi connectivity index (χ0v) is 11.1. The van der Waals surface area contributed by atoms with Crippen molar-refractivity contribution >= 4 is 18.3 Å². The molecule has 0 atom stereocenters. The first-order chi connectivity index (χ1) is 8.62. The Labute approximate surface area is 116 Å². The van der Waals surface area contributed by atoms with Crippen molar-refractivity contribution < 1.29 is 13.6 Å². The number of carbonyl (C=O) groups excluding carboxylic acids is 1. The number of amides is 1. The zero-order chi connectivity index (χ0) is 12.8. The third-order valence-electron chi connectivity index (χ3n) is 3.77. The summed E-state index contributed by atoms with van der Waals surface area (Å²) in [7, 11) is 0. The van der Waals surface area contributed by atoms with Gasteiger partial charge in [0.25, 0.3) is 5.91 Å². The topological polar surface area (TPSA) is 32.3 Å². The second kappa shape index (κ2) is 5.06. The lowest BCUT2D eigenvalue weighted by Gasteiger charge is -2.36. The average molecular weight is 289 g/mol. The predicted molar refractivity (Wildman–Crippen MR) is 69.5 cm³/mol. The highest BCUT2D eigenvalue weighted by molar-refractivity contribution is 5.95. The normalized spacial score (nSPS) is 20.0. The Morgan fingerprint density at radius 2 is 2.05 bits per heavy atom. The molecule has 1 aromatic rings. The Hall–Kier alpha value is -1.20. The number of carbonyl (C=O) groups is 1. The number of piperazine rings is 1. The summed E-state index contributed by atoms with van der Waals surface area (Å²) in [6, 6.07) is 3.01. The Kier molecular flexibility index (Phi) is 3.78. The Balaban J connectivity index is 0.00000133. The molecule has 1 aromatic carbocycles. The molecule has 2 fully saturated rings. The molecular formula is C13H15ClF2N2O. The first-order valence-electron chi connectivity index (χ1n) is 6.10. The molecule has 1 saturated heterocycles. The Morgan fingerprint density at radius 1 is 1.32 bits per heavy atom. The minimum Gasteiger partial charge on any atom is -0.330 e. The van der Waals surface area contributed by atoms with Gasteiger partial charge in [0.2, 0.25) is 0 Å². The van der Waals surface area contributed by atoms with E-state index in [0.717, 1.165) is 37.6 Å². The van der Waals surface area contributed by atoms with E-state index in [2.05, 4.69) is 5.32 Å². The van der Waals surface area contributed by atoms with Gasteiger partial charge in [0.05, 0.1) is 11.1 Å². The summed E-state index contributed by atoms with van der Waals surface area (Å²) in [5, 5.41) is 3.24. The zero-order valence-electron chi connectivity index (χ0n) is 10.3. The van der Waals surface area contributed by atoms with Crippen molar-refractivity contribution in [2.24, 2.45) is 0 Å². The molecular weight excluding hydrogens is 274 g/mol. The van der Waals surface area contributed by atoms with E-state index in [1.54, 1.807) is 4.90 Å². The molecule has 1 saturated carbocycles. The lowest BCUT2D eigenvalue weighted by atomic mass is 10.1. The summed E-state index contributed by atoms with van der Waals surface area (Å²) in [6.45, 7) is 1.99. The Morgan fingerprint density at radius 3 is 2.74 bits per heavy atom. The van der Waals surface area contributed by atoms with Crippen molar-refractivity contribution in [3.63, 3.8) is 0 Å². The average Bonchev–Trinajstić information content (AvgIpc) is 3.12. The van der Waals surface area contributed by atoms with Crippen LogP contribution in [0.2, 0.25) is 0 Å². The van der Waals surface area contributed by atoms with Gasteiger partial charge < -0.3 is 10.2 Å². The van der Waals surface area contributed by atoms with Crippen molar-refractivity contribution in [2.45, 2.75) is 18.4 Å². The van der Waals surface area contributed by atoms with Crippen molar-refractivity contribution in [3.05, 3.63) is 35.4 Å². The molecule has 1 aliphatic heterocycles. The number of benzene rings is 1. The van der Waals surface area contributed by atoms with Gasteiger partial charge in [0.1, 0.15) is 11.6 Å². The summed E-state index contributed by atoms with van der Waals surface area (Å²) < 4.78 is 26.8. The highest BCUT2D eigenvalue weighted by Gasteiger charge is 2.51. The van der Waals surface area contributed by atoms with E-state index in [1.165, 1.54) is 0 Å². The van der Waals surface area contributed by atoms with Gasteiger partial charge in [0, 0.05) is 19.6 Å². The molecule has 0 bridgehead atoms. The first-order valence-corrected chi connectivity index (χ1v) is 6.10. The van der Waals surface area contributed by atoms with Crippen molar-refractivity contribution in [2.75, 3.05) is 19.6 Å². The van der Waals surface area contributed by atoms with Crippen LogP contribution in [0.5, 0.6) is 0 Å². The van der Waals surface area contributed by atoms with Gasteiger partial charge in [0.15, 0.2) is 0 Å². The van der Waals surface area contributed by atoms with E-state index in [0.29, 0.717) is 13.1 Å². The number of nitrogens with zero attached hydrogens (tertiary/aromatic N) is 1. The van der Waals surface area contributed by atoms with Crippen molar-refractivity contribution in [3.8, 4) is 0 Å². The lowest BCUT2D eigenvalue weighted by molar-refractivity contribution is 0.0595. The van der Waals surface area contributed by atoms with Crippen LogP contribution >= 0.6 is 12.4 Å². The largest absolute Gasteiger partial charge is 0.330 e. The van der Waals surface area contributed by atoms with Crippen LogP contribution in [0.4, 0.5) is 8.78 Å². The molecule has 0 radical (unpaired) electrons. The fourth-order valence-electron chi connectivity index (χ4n) is 2.56. The number of rotatable bonds is 1. The summed E-state index contributed by atoms with van der Waals surface area (Å²) in [6.07, 6.45) is 1.87. The third kappa shape index (κ3) is 2.44. The summed E-state index contributed by atoms with van der Waals surface area (Å²) in [5.74, 6) is -1.64. The molecule has 3 rings (SSSR count). The molecule has 0 unspecified atom stereocenters. The van der Waals surface area contributed by atoms with Crippen molar-refractivity contribution in [1.82, 2.24) is 10.2 Å². The maximum absolute atomic E-state index is 13.6. The molecule has 2 aliphatic rings. The molecule has 1 amide bonds. The second-order valence-electron chi connectivity index (χ2n) is 4.98. The van der Waals surface area contributed by atoms with Crippen LogP contribution in [0.25, 0.3) is 0 Å². The van der Waals surface area contributed by atoms with Crippen LogP contribution in [0, 0.1) is 11.6 Å². The molecule has 0 aromatic heterocycles. The maximum Gasteiger partial charge on any atom is 0.257 e. The van der Waals surface area contributed by atoms with Gasteiger partial charge in [-0.3, -0.25) is 4.79 Å².